The van der Waals surface area contributed by atoms with Gasteiger partial charge in [-0.15, -0.1) is 0 Å². The number of carbonyl (C=O) groups is 2. The molecule has 1 aliphatic heterocycles. The van der Waals surface area contributed by atoms with E-state index in [2.05, 4.69) is 13.8 Å². The summed E-state index contributed by atoms with van der Waals surface area (Å²) in [6.07, 6.45) is 12.3. The van der Waals surface area contributed by atoms with E-state index in [4.69, 9.17) is 4.74 Å². The van der Waals surface area contributed by atoms with Crippen LogP contribution < -0.4 is 0 Å². The summed E-state index contributed by atoms with van der Waals surface area (Å²) in [7, 11) is 0. The maximum atomic E-state index is 12.1. The molecule has 0 aromatic heterocycles. The minimum atomic E-state index is -0.631. The first-order valence-electron chi connectivity index (χ1n) is 9.76. The molecule has 0 aromatic carbocycles. The molecule has 0 radical (unpaired) electrons. The van der Waals surface area contributed by atoms with Crippen molar-refractivity contribution in [2.75, 3.05) is 0 Å². The first-order chi connectivity index (χ1) is 11.6. The molecule has 0 aliphatic carbocycles. The number of aliphatic hydroxyl groups excluding tert-OH is 1. The molecule has 4 nitrogen and oxygen atoms in total. The first-order valence-corrected chi connectivity index (χ1v) is 9.76. The molecular formula is C20H34O4. The fourth-order valence-corrected chi connectivity index (χ4v) is 3.11. The highest BCUT2D eigenvalue weighted by atomic mass is 16.5. The molecule has 0 aromatic rings. The van der Waals surface area contributed by atoms with Crippen LogP contribution in [0.25, 0.3) is 0 Å². The predicted molar refractivity (Wildman–Crippen MR) is 95.9 cm³/mol. The Morgan fingerprint density at radius 3 is 2.21 bits per heavy atom. The van der Waals surface area contributed by atoms with Crippen LogP contribution in [-0.2, 0) is 14.3 Å². The molecule has 0 spiro atoms. The molecule has 1 aliphatic rings. The molecule has 0 saturated carbocycles. The Morgan fingerprint density at radius 2 is 1.58 bits per heavy atom. The zero-order valence-electron chi connectivity index (χ0n) is 15.4. The van der Waals surface area contributed by atoms with Gasteiger partial charge in [-0.25, -0.2) is 4.79 Å². The molecular weight excluding hydrogens is 304 g/mol. The van der Waals surface area contributed by atoms with Crippen molar-refractivity contribution >= 4 is 11.8 Å². The van der Waals surface area contributed by atoms with Gasteiger partial charge in [0.25, 0.3) is 0 Å². The number of cyclic esters (lactones) is 1. The van der Waals surface area contributed by atoms with Gasteiger partial charge in [0.1, 0.15) is 17.4 Å². The second kappa shape index (κ2) is 12.1. The SMILES string of the molecule is CCCCCCCCCC1CC(O)=C(C(=O)CCCCC)C(=O)O1. The third-order valence-corrected chi connectivity index (χ3v) is 4.60. The summed E-state index contributed by atoms with van der Waals surface area (Å²) in [5.41, 5.74) is -0.109. The minimum absolute atomic E-state index is 0.0688. The van der Waals surface area contributed by atoms with Crippen LogP contribution >= 0.6 is 0 Å². The lowest BCUT2D eigenvalue weighted by Gasteiger charge is -2.24. The van der Waals surface area contributed by atoms with E-state index in [1.165, 1.54) is 32.1 Å². The highest BCUT2D eigenvalue weighted by Gasteiger charge is 2.32. The molecule has 24 heavy (non-hydrogen) atoms. The molecule has 0 fully saturated rings. The van der Waals surface area contributed by atoms with Crippen LogP contribution in [0.4, 0.5) is 0 Å². The summed E-state index contributed by atoms with van der Waals surface area (Å²) >= 11 is 0. The highest BCUT2D eigenvalue weighted by Crippen LogP contribution is 2.25. The number of rotatable bonds is 13. The Bertz CT molecular complexity index is 425. The molecule has 4 heteroatoms. The molecule has 1 heterocycles. The third-order valence-electron chi connectivity index (χ3n) is 4.60. The molecule has 1 rings (SSSR count). The number of Topliss-reactive ketones (excluding diaryl/α,β-unsaturated/α-hetero) is 1. The standard InChI is InChI=1S/C20H34O4/c1-3-5-7-8-9-10-12-13-16-15-18(22)19(20(23)24-16)17(21)14-11-6-4-2/h16,22H,3-15H2,1-2H3. The van der Waals surface area contributed by atoms with Crippen LogP contribution in [0.2, 0.25) is 0 Å². The van der Waals surface area contributed by atoms with Gasteiger partial charge in [0.2, 0.25) is 0 Å². The molecule has 138 valence electrons. The lowest BCUT2D eigenvalue weighted by atomic mass is 9.97. The van der Waals surface area contributed by atoms with E-state index >= 15 is 0 Å². The van der Waals surface area contributed by atoms with Crippen LogP contribution in [-0.4, -0.2) is 23.0 Å². The van der Waals surface area contributed by atoms with Gasteiger partial charge in [0, 0.05) is 12.8 Å². The number of aliphatic hydroxyl groups is 1. The molecule has 0 saturated heterocycles. The summed E-state index contributed by atoms with van der Waals surface area (Å²) in [6, 6.07) is 0. The molecule has 1 N–H and O–H groups in total. The zero-order valence-corrected chi connectivity index (χ0v) is 15.4. The Morgan fingerprint density at radius 1 is 1.00 bits per heavy atom. The number of ether oxygens (including phenoxy) is 1. The van der Waals surface area contributed by atoms with Gasteiger partial charge in [-0.05, 0) is 19.3 Å². The van der Waals surface area contributed by atoms with Crippen molar-refractivity contribution in [1.82, 2.24) is 0 Å². The number of hydrogen-bond donors (Lipinski definition) is 1. The van der Waals surface area contributed by atoms with Crippen molar-refractivity contribution in [3.05, 3.63) is 11.3 Å². The van der Waals surface area contributed by atoms with Gasteiger partial charge < -0.3 is 9.84 Å². The van der Waals surface area contributed by atoms with Gasteiger partial charge in [0.15, 0.2) is 5.78 Å². The van der Waals surface area contributed by atoms with Crippen molar-refractivity contribution in [2.24, 2.45) is 0 Å². The van der Waals surface area contributed by atoms with Crippen molar-refractivity contribution in [1.29, 1.82) is 0 Å². The van der Waals surface area contributed by atoms with E-state index in [1.54, 1.807) is 0 Å². The summed E-state index contributed by atoms with van der Waals surface area (Å²) in [5.74, 6) is -0.978. The lowest BCUT2D eigenvalue weighted by Crippen LogP contribution is -2.30. The Hall–Kier alpha value is -1.32. The molecule has 0 amide bonds. The summed E-state index contributed by atoms with van der Waals surface area (Å²) in [5, 5.41) is 10.1. The van der Waals surface area contributed by atoms with Crippen molar-refractivity contribution in [3.63, 3.8) is 0 Å². The Kier molecular flexibility index (Phi) is 10.4. The van der Waals surface area contributed by atoms with Crippen molar-refractivity contribution in [3.8, 4) is 0 Å². The third kappa shape index (κ3) is 7.50. The van der Waals surface area contributed by atoms with E-state index in [9.17, 15) is 14.7 Å². The molecule has 1 atom stereocenters. The van der Waals surface area contributed by atoms with Gasteiger partial charge in [-0.1, -0.05) is 65.2 Å². The smallest absolute Gasteiger partial charge is 0.345 e. The monoisotopic (exact) mass is 338 g/mol. The number of esters is 1. The minimum Gasteiger partial charge on any atom is -0.511 e. The average molecular weight is 338 g/mol. The zero-order chi connectivity index (χ0) is 17.8. The van der Waals surface area contributed by atoms with E-state index in [0.717, 1.165) is 38.5 Å². The molecule has 0 bridgehead atoms. The fourth-order valence-electron chi connectivity index (χ4n) is 3.11. The summed E-state index contributed by atoms with van der Waals surface area (Å²) in [4.78, 5) is 24.1. The maximum Gasteiger partial charge on any atom is 0.345 e. The number of unbranched alkanes of at least 4 members (excludes halogenated alkanes) is 8. The van der Waals surface area contributed by atoms with E-state index in [-0.39, 0.29) is 29.6 Å². The second-order valence-electron chi connectivity index (χ2n) is 6.84. The molecule has 1 unspecified atom stereocenters. The van der Waals surface area contributed by atoms with Crippen molar-refractivity contribution in [2.45, 2.75) is 103 Å². The second-order valence-corrected chi connectivity index (χ2v) is 6.84. The number of ketones is 1. The Balaban J connectivity index is 2.33. The maximum absolute atomic E-state index is 12.1. The van der Waals surface area contributed by atoms with Crippen LogP contribution in [0.1, 0.15) is 97.3 Å². The van der Waals surface area contributed by atoms with Crippen LogP contribution in [0.15, 0.2) is 11.3 Å². The number of hydrogen-bond acceptors (Lipinski definition) is 4. The largest absolute Gasteiger partial charge is 0.511 e. The lowest BCUT2D eigenvalue weighted by molar-refractivity contribution is -0.148. The normalized spacial score (nSPS) is 17.9. The first kappa shape index (κ1) is 20.7. The van der Waals surface area contributed by atoms with E-state index in [0.29, 0.717) is 6.42 Å². The fraction of sp³-hybridized carbons (Fsp3) is 0.800. The Labute approximate surface area is 146 Å². The average Bonchev–Trinajstić information content (AvgIpc) is 2.53. The summed E-state index contributed by atoms with van der Waals surface area (Å²) < 4.78 is 5.36. The quantitative estimate of drug-likeness (QED) is 0.277. The number of carbonyl (C=O) groups excluding carboxylic acids is 2. The van der Waals surface area contributed by atoms with Crippen LogP contribution in [0, 0.1) is 0 Å². The topological polar surface area (TPSA) is 63.6 Å². The van der Waals surface area contributed by atoms with Gasteiger partial charge in [0.05, 0.1) is 0 Å². The summed E-state index contributed by atoms with van der Waals surface area (Å²) in [6.45, 7) is 4.27. The van der Waals surface area contributed by atoms with E-state index in [1.807, 2.05) is 0 Å². The highest BCUT2D eigenvalue weighted by molar-refractivity contribution is 6.18. The van der Waals surface area contributed by atoms with Gasteiger partial charge in [-0.3, -0.25) is 4.79 Å². The van der Waals surface area contributed by atoms with Crippen molar-refractivity contribution < 1.29 is 19.4 Å². The van der Waals surface area contributed by atoms with Gasteiger partial charge in [-0.2, -0.15) is 0 Å². The van der Waals surface area contributed by atoms with Crippen LogP contribution in [0.3, 0.4) is 0 Å². The predicted octanol–water partition coefficient (Wildman–Crippen LogP) is 5.40. The van der Waals surface area contributed by atoms with E-state index < -0.39 is 5.97 Å². The van der Waals surface area contributed by atoms with Crippen LogP contribution in [0.5, 0.6) is 0 Å². The van der Waals surface area contributed by atoms with Gasteiger partial charge >= 0.3 is 5.97 Å².